The Morgan fingerprint density at radius 1 is 1.15 bits per heavy atom. The van der Waals surface area contributed by atoms with Crippen molar-refractivity contribution in [2.75, 3.05) is 0 Å². The lowest BCUT2D eigenvalue weighted by molar-refractivity contribution is 0.402. The van der Waals surface area contributed by atoms with E-state index in [-0.39, 0.29) is 0 Å². The quantitative estimate of drug-likeness (QED) is 0.522. The van der Waals surface area contributed by atoms with Gasteiger partial charge in [0.2, 0.25) is 0 Å². The summed E-state index contributed by atoms with van der Waals surface area (Å²) in [7, 11) is 0. The summed E-state index contributed by atoms with van der Waals surface area (Å²) in [5.74, 6) is 1.54. The van der Waals surface area contributed by atoms with Crippen molar-refractivity contribution in [3.63, 3.8) is 0 Å². The summed E-state index contributed by atoms with van der Waals surface area (Å²) >= 11 is 0. The predicted octanol–water partition coefficient (Wildman–Crippen LogP) is 3.40. The summed E-state index contributed by atoms with van der Waals surface area (Å²) in [6.07, 6.45) is 17.8. The van der Waals surface area contributed by atoms with Gasteiger partial charge < -0.3 is 0 Å². The molecular weight excluding hydrogens is 156 g/mol. The van der Waals surface area contributed by atoms with Gasteiger partial charge in [-0.1, -0.05) is 42.0 Å². The van der Waals surface area contributed by atoms with Crippen LogP contribution in [0.4, 0.5) is 0 Å². The lowest BCUT2D eigenvalue weighted by atomic mass is 9.68. The first-order valence-corrected chi connectivity index (χ1v) is 5.21. The molecule has 0 radical (unpaired) electrons. The second kappa shape index (κ2) is 2.73. The Morgan fingerprint density at radius 2 is 2.15 bits per heavy atom. The van der Waals surface area contributed by atoms with Crippen molar-refractivity contribution in [2.45, 2.75) is 19.3 Å². The molecule has 1 fully saturated rings. The van der Waals surface area contributed by atoms with Crippen LogP contribution < -0.4 is 0 Å². The highest BCUT2D eigenvalue weighted by Gasteiger charge is 2.31. The third kappa shape index (κ3) is 1.05. The monoisotopic (exact) mass is 170 g/mol. The van der Waals surface area contributed by atoms with E-state index in [9.17, 15) is 0 Å². The van der Waals surface area contributed by atoms with Gasteiger partial charge in [-0.15, -0.1) is 0 Å². The Bertz CT molecular complexity index is 339. The number of rotatable bonds is 0. The Kier molecular flexibility index (Phi) is 1.55. The fourth-order valence-electron chi connectivity index (χ4n) is 2.85. The van der Waals surface area contributed by atoms with E-state index in [1.165, 1.54) is 24.8 Å². The zero-order valence-corrected chi connectivity index (χ0v) is 7.74. The van der Waals surface area contributed by atoms with E-state index in [0.29, 0.717) is 0 Å². The Hall–Kier alpha value is -1.04. The van der Waals surface area contributed by atoms with Crippen molar-refractivity contribution in [1.82, 2.24) is 0 Å². The van der Waals surface area contributed by atoms with Crippen LogP contribution in [0.5, 0.6) is 0 Å². The largest absolute Gasteiger partial charge is 0.0805 e. The molecule has 0 saturated heterocycles. The van der Waals surface area contributed by atoms with E-state index in [0.717, 1.165) is 11.8 Å². The van der Waals surface area contributed by atoms with Gasteiger partial charge in [0.25, 0.3) is 0 Å². The van der Waals surface area contributed by atoms with E-state index in [4.69, 9.17) is 0 Å². The lowest BCUT2D eigenvalue weighted by Crippen LogP contribution is -2.24. The van der Waals surface area contributed by atoms with Crippen LogP contribution in [0.3, 0.4) is 0 Å². The van der Waals surface area contributed by atoms with Crippen LogP contribution >= 0.6 is 0 Å². The summed E-state index contributed by atoms with van der Waals surface area (Å²) in [5, 5.41) is 0. The molecule has 3 aliphatic rings. The van der Waals surface area contributed by atoms with Gasteiger partial charge in [0.15, 0.2) is 0 Å². The molecule has 1 saturated carbocycles. The molecule has 0 spiro atoms. The minimum atomic E-state index is 0.740. The zero-order chi connectivity index (χ0) is 8.67. The fraction of sp³-hybridized carbons (Fsp3) is 0.385. The first-order valence-electron chi connectivity index (χ1n) is 5.21. The summed E-state index contributed by atoms with van der Waals surface area (Å²) in [4.78, 5) is 0. The van der Waals surface area contributed by atoms with Gasteiger partial charge in [0.1, 0.15) is 0 Å². The van der Waals surface area contributed by atoms with E-state index in [2.05, 4.69) is 36.5 Å². The van der Waals surface area contributed by atoms with E-state index in [1.54, 1.807) is 5.57 Å². The minimum absolute atomic E-state index is 0.740. The maximum Gasteiger partial charge on any atom is 0.0114 e. The van der Waals surface area contributed by atoms with Crippen molar-refractivity contribution in [2.24, 2.45) is 11.8 Å². The molecule has 0 aliphatic heterocycles. The van der Waals surface area contributed by atoms with Crippen LogP contribution in [0, 0.1) is 11.8 Å². The van der Waals surface area contributed by atoms with Gasteiger partial charge >= 0.3 is 0 Å². The van der Waals surface area contributed by atoms with Crippen molar-refractivity contribution < 1.29 is 0 Å². The molecule has 0 bridgehead atoms. The predicted molar refractivity (Wildman–Crippen MR) is 55.3 cm³/mol. The number of hydrogen-bond acceptors (Lipinski definition) is 0. The molecule has 2 atom stereocenters. The van der Waals surface area contributed by atoms with Gasteiger partial charge in [-0.3, -0.25) is 0 Å². The highest BCUT2D eigenvalue weighted by atomic mass is 14.3. The smallest absolute Gasteiger partial charge is 0.0114 e. The average Bonchev–Trinajstić information content (AvgIpc) is 2.19. The van der Waals surface area contributed by atoms with Crippen molar-refractivity contribution in [3.05, 3.63) is 47.6 Å². The van der Waals surface area contributed by atoms with Gasteiger partial charge in [0.05, 0.1) is 0 Å². The molecule has 0 N–H and O–H groups in total. The molecule has 0 amide bonds. The van der Waals surface area contributed by atoms with Crippen molar-refractivity contribution in [1.29, 1.82) is 0 Å². The number of hydrogen-bond donors (Lipinski definition) is 0. The Labute approximate surface area is 79.3 Å². The summed E-state index contributed by atoms with van der Waals surface area (Å²) in [6, 6.07) is 0. The van der Waals surface area contributed by atoms with Gasteiger partial charge in [-0.2, -0.15) is 0 Å². The van der Waals surface area contributed by atoms with Crippen molar-refractivity contribution in [3.8, 4) is 0 Å². The van der Waals surface area contributed by atoms with Crippen LogP contribution in [0.15, 0.2) is 47.6 Å². The van der Waals surface area contributed by atoms with Crippen LogP contribution in [-0.4, -0.2) is 0 Å². The molecule has 3 aliphatic carbocycles. The molecule has 0 aromatic heterocycles. The second-order valence-corrected chi connectivity index (χ2v) is 4.19. The SMILES string of the molecule is C1=CC2=CC=CC3CCCC(=C1)C23. The lowest BCUT2D eigenvalue weighted by Gasteiger charge is -2.36. The van der Waals surface area contributed by atoms with Crippen LogP contribution in [0.2, 0.25) is 0 Å². The average molecular weight is 170 g/mol. The summed E-state index contributed by atoms with van der Waals surface area (Å²) in [5.41, 5.74) is 3.19. The van der Waals surface area contributed by atoms with Gasteiger partial charge in [0, 0.05) is 5.92 Å². The first kappa shape index (κ1) is 7.37. The van der Waals surface area contributed by atoms with Crippen LogP contribution in [0.1, 0.15) is 19.3 Å². The molecule has 0 nitrogen and oxygen atoms in total. The first-order chi connectivity index (χ1) is 6.45. The second-order valence-electron chi connectivity index (χ2n) is 4.19. The molecule has 0 aromatic rings. The third-order valence-corrected chi connectivity index (χ3v) is 3.44. The van der Waals surface area contributed by atoms with Crippen LogP contribution in [0.25, 0.3) is 0 Å². The molecule has 0 heterocycles. The molecule has 3 rings (SSSR count). The van der Waals surface area contributed by atoms with E-state index < -0.39 is 0 Å². The highest BCUT2D eigenvalue weighted by Crippen LogP contribution is 2.43. The van der Waals surface area contributed by atoms with Gasteiger partial charge in [-0.25, -0.2) is 0 Å². The standard InChI is InChI=1S/C13H14/c1-4-10-6-2-8-12-9-3-7-11(5-1)13(10)12/h1-2,4-6,8,11,13H,3,7,9H2. The van der Waals surface area contributed by atoms with Crippen LogP contribution in [-0.2, 0) is 0 Å². The minimum Gasteiger partial charge on any atom is -0.0805 e. The van der Waals surface area contributed by atoms with E-state index in [1.807, 2.05) is 0 Å². The van der Waals surface area contributed by atoms with Gasteiger partial charge in [-0.05, 0) is 30.8 Å². The zero-order valence-electron chi connectivity index (χ0n) is 7.74. The molecule has 0 heteroatoms. The molecule has 13 heavy (non-hydrogen) atoms. The van der Waals surface area contributed by atoms with Crippen molar-refractivity contribution >= 4 is 0 Å². The molecule has 2 unspecified atom stereocenters. The normalized spacial score (nSPS) is 35.1. The maximum absolute atomic E-state index is 2.39. The number of allylic oxidation sites excluding steroid dienone is 8. The summed E-state index contributed by atoms with van der Waals surface area (Å²) < 4.78 is 0. The maximum atomic E-state index is 2.39. The fourth-order valence-corrected chi connectivity index (χ4v) is 2.85. The molecule has 66 valence electrons. The highest BCUT2D eigenvalue weighted by molar-refractivity contribution is 5.44. The summed E-state index contributed by atoms with van der Waals surface area (Å²) in [6.45, 7) is 0. The molecular formula is C13H14. The third-order valence-electron chi connectivity index (χ3n) is 3.44. The Balaban J connectivity index is 2.08. The van der Waals surface area contributed by atoms with E-state index >= 15 is 0 Å². The Morgan fingerprint density at radius 3 is 3.15 bits per heavy atom. The molecule has 0 aromatic carbocycles. The topological polar surface area (TPSA) is 0 Å².